The molecule has 0 bridgehead atoms. The highest BCUT2D eigenvalue weighted by Gasteiger charge is 2.20. The number of H-pyrrole nitrogens is 2. The van der Waals surface area contributed by atoms with Crippen LogP contribution in [0.5, 0.6) is 0 Å². The molecule has 0 amide bonds. The molecule has 4 N–H and O–H groups in total. The maximum absolute atomic E-state index is 14.5. The fourth-order valence-corrected chi connectivity index (χ4v) is 5.27. The van der Waals surface area contributed by atoms with E-state index < -0.39 is 15.8 Å². The third kappa shape index (κ3) is 4.82. The zero-order chi connectivity index (χ0) is 25.6. The van der Waals surface area contributed by atoms with Gasteiger partial charge in [-0.25, -0.2) is 27.5 Å². The number of fused-ring (bicyclic) bond motifs is 2. The number of piperidine rings is 1. The van der Waals surface area contributed by atoms with Gasteiger partial charge in [-0.1, -0.05) is 0 Å². The molecule has 1 aliphatic heterocycles. The van der Waals surface area contributed by atoms with Gasteiger partial charge in [0.05, 0.1) is 22.9 Å². The maximum Gasteiger partial charge on any atom is 0.209 e. The Morgan fingerprint density at radius 2 is 1.95 bits per heavy atom. The second kappa shape index (κ2) is 9.29. The minimum absolute atomic E-state index is 0.0307. The van der Waals surface area contributed by atoms with E-state index in [1.165, 1.54) is 17.7 Å². The number of hydrogen-bond acceptors (Lipinski definition) is 7. The highest BCUT2D eigenvalue weighted by Crippen LogP contribution is 2.33. The number of hydrogen-bond donors (Lipinski definition) is 4. The molecule has 37 heavy (non-hydrogen) atoms. The minimum atomic E-state index is -3.42. The lowest BCUT2D eigenvalue weighted by molar-refractivity contribution is 0.460. The van der Waals surface area contributed by atoms with Crippen molar-refractivity contribution in [3.05, 3.63) is 59.7 Å². The first-order valence-electron chi connectivity index (χ1n) is 12.0. The first-order valence-corrected chi connectivity index (χ1v) is 13.9. The van der Waals surface area contributed by atoms with Gasteiger partial charge in [0, 0.05) is 24.5 Å². The molecule has 0 radical (unpaired) electrons. The normalized spacial score (nSPS) is 15.1. The summed E-state index contributed by atoms with van der Waals surface area (Å²) in [5.74, 6) is 0.508. The Balaban J connectivity index is 1.40. The molecule has 1 aliphatic rings. The van der Waals surface area contributed by atoms with E-state index in [-0.39, 0.29) is 6.54 Å². The molecule has 190 valence electrons. The number of aromatic nitrogens is 6. The van der Waals surface area contributed by atoms with Crippen LogP contribution in [0.1, 0.15) is 29.9 Å². The van der Waals surface area contributed by atoms with Crippen LogP contribution in [0.2, 0.25) is 0 Å². The van der Waals surface area contributed by atoms with Crippen LogP contribution >= 0.6 is 0 Å². The van der Waals surface area contributed by atoms with Crippen LogP contribution in [0, 0.1) is 5.82 Å². The summed E-state index contributed by atoms with van der Waals surface area (Å²) in [6, 6.07) is 8.29. The Morgan fingerprint density at radius 1 is 1.11 bits per heavy atom. The Bertz CT molecular complexity index is 1720. The smallest absolute Gasteiger partial charge is 0.209 e. The number of benzene rings is 1. The lowest BCUT2D eigenvalue weighted by Crippen LogP contribution is -2.26. The van der Waals surface area contributed by atoms with Crippen molar-refractivity contribution in [2.45, 2.75) is 25.3 Å². The molecule has 0 spiro atoms. The van der Waals surface area contributed by atoms with Crippen LogP contribution in [-0.2, 0) is 16.6 Å². The second-order valence-electron chi connectivity index (χ2n) is 9.34. The molecule has 0 atom stereocenters. The van der Waals surface area contributed by atoms with Crippen molar-refractivity contribution in [1.82, 2.24) is 40.2 Å². The van der Waals surface area contributed by atoms with E-state index in [1.54, 1.807) is 18.3 Å². The summed E-state index contributed by atoms with van der Waals surface area (Å²) in [6.45, 7) is 1.95. The predicted molar refractivity (Wildman–Crippen MR) is 139 cm³/mol. The molecule has 5 aromatic rings. The molecule has 10 nitrogen and oxygen atoms in total. The summed E-state index contributed by atoms with van der Waals surface area (Å²) in [4.78, 5) is 17.2. The van der Waals surface area contributed by atoms with Gasteiger partial charge >= 0.3 is 0 Å². The zero-order valence-corrected chi connectivity index (χ0v) is 20.9. The standard InChI is InChI=1S/C25H25FN8O2S/c1-37(35,36)30-12-14-8-16(10-18(26)9-14)21-23-20(4-7-28-21)31-25(32-23)22-19-11-17(13-29-24(19)34-33-22)15-2-5-27-6-3-15/h4,7-11,13,15,27,30H,2-3,5-6,12H2,1H3,(H,31,32)(H,29,33,34). The van der Waals surface area contributed by atoms with Gasteiger partial charge in [0.15, 0.2) is 11.5 Å². The van der Waals surface area contributed by atoms with Crippen LogP contribution < -0.4 is 10.0 Å². The number of halogens is 1. The summed E-state index contributed by atoms with van der Waals surface area (Å²) in [5.41, 5.74) is 5.25. The molecule has 1 fully saturated rings. The highest BCUT2D eigenvalue weighted by atomic mass is 32.2. The molecular weight excluding hydrogens is 495 g/mol. The molecule has 5 heterocycles. The Kier molecular flexibility index (Phi) is 5.94. The molecule has 12 heteroatoms. The summed E-state index contributed by atoms with van der Waals surface area (Å²) in [5, 5.41) is 11.8. The van der Waals surface area contributed by atoms with E-state index in [1.807, 2.05) is 6.20 Å². The average molecular weight is 521 g/mol. The predicted octanol–water partition coefficient (Wildman–Crippen LogP) is 3.22. The van der Waals surface area contributed by atoms with Gasteiger partial charge in [0.25, 0.3) is 0 Å². The number of rotatable bonds is 6. The molecular formula is C25H25FN8O2S. The number of nitrogens with zero attached hydrogens (tertiary/aromatic N) is 4. The number of sulfonamides is 1. The van der Waals surface area contributed by atoms with E-state index in [9.17, 15) is 12.8 Å². The van der Waals surface area contributed by atoms with Crippen LogP contribution in [-0.4, -0.2) is 57.9 Å². The Labute approximate surface area is 212 Å². The van der Waals surface area contributed by atoms with Crippen molar-refractivity contribution in [1.29, 1.82) is 0 Å². The van der Waals surface area contributed by atoms with Crippen molar-refractivity contribution >= 4 is 32.1 Å². The van der Waals surface area contributed by atoms with Crippen LogP contribution in [0.4, 0.5) is 4.39 Å². The third-order valence-corrected chi connectivity index (χ3v) is 7.31. The summed E-state index contributed by atoms with van der Waals surface area (Å²) < 4.78 is 39.8. The molecule has 6 rings (SSSR count). The molecule has 0 saturated carbocycles. The van der Waals surface area contributed by atoms with Crippen molar-refractivity contribution in [2.24, 2.45) is 0 Å². The van der Waals surface area contributed by atoms with Crippen molar-refractivity contribution in [3.8, 4) is 22.8 Å². The molecule has 1 aromatic carbocycles. The van der Waals surface area contributed by atoms with Crippen LogP contribution in [0.3, 0.4) is 0 Å². The van der Waals surface area contributed by atoms with Crippen LogP contribution in [0.25, 0.3) is 44.8 Å². The van der Waals surface area contributed by atoms with Gasteiger partial charge in [-0.3, -0.25) is 10.1 Å². The van der Waals surface area contributed by atoms with Crippen molar-refractivity contribution in [3.63, 3.8) is 0 Å². The zero-order valence-electron chi connectivity index (χ0n) is 20.0. The molecule has 0 unspecified atom stereocenters. The van der Waals surface area contributed by atoms with E-state index in [4.69, 9.17) is 4.98 Å². The van der Waals surface area contributed by atoms with Crippen molar-refractivity contribution < 1.29 is 12.8 Å². The summed E-state index contributed by atoms with van der Waals surface area (Å²) in [6.07, 6.45) is 6.73. The molecule has 4 aromatic heterocycles. The Morgan fingerprint density at radius 3 is 2.76 bits per heavy atom. The SMILES string of the molecule is CS(=O)(=O)NCc1cc(F)cc(-c2nccc3[nH]c(-c4n[nH]c5ncc(C6CCNCC6)cc45)nc23)c1. The van der Waals surface area contributed by atoms with E-state index in [2.05, 4.69) is 41.3 Å². The average Bonchev–Trinajstić information content (AvgIpc) is 3.51. The fourth-order valence-electron chi connectivity index (χ4n) is 4.84. The van der Waals surface area contributed by atoms with E-state index >= 15 is 0 Å². The summed E-state index contributed by atoms with van der Waals surface area (Å²) >= 11 is 0. The number of pyridine rings is 2. The Hall–Kier alpha value is -3.74. The van der Waals surface area contributed by atoms with Gasteiger partial charge in [-0.15, -0.1) is 0 Å². The first-order chi connectivity index (χ1) is 17.8. The lowest BCUT2D eigenvalue weighted by Gasteiger charge is -2.22. The number of imidazole rings is 1. The van der Waals surface area contributed by atoms with Gasteiger partial charge in [-0.2, -0.15) is 5.10 Å². The quantitative estimate of drug-likeness (QED) is 0.269. The van der Waals surface area contributed by atoms with Gasteiger partial charge in [-0.05, 0) is 73.3 Å². The van der Waals surface area contributed by atoms with E-state index in [0.717, 1.165) is 43.1 Å². The van der Waals surface area contributed by atoms with Gasteiger partial charge in [0.1, 0.15) is 17.0 Å². The number of aromatic amines is 2. The maximum atomic E-state index is 14.5. The highest BCUT2D eigenvalue weighted by molar-refractivity contribution is 7.88. The second-order valence-corrected chi connectivity index (χ2v) is 11.2. The third-order valence-electron chi connectivity index (χ3n) is 6.64. The summed E-state index contributed by atoms with van der Waals surface area (Å²) in [7, 11) is -3.42. The molecule has 0 aliphatic carbocycles. The fraction of sp³-hybridized carbons (Fsp3) is 0.280. The topological polar surface area (TPSA) is 141 Å². The van der Waals surface area contributed by atoms with Crippen molar-refractivity contribution in [2.75, 3.05) is 19.3 Å². The first kappa shape index (κ1) is 23.6. The molecule has 1 saturated heterocycles. The minimum Gasteiger partial charge on any atom is -0.336 e. The lowest BCUT2D eigenvalue weighted by atomic mass is 9.91. The van der Waals surface area contributed by atoms with Crippen LogP contribution in [0.15, 0.2) is 42.7 Å². The largest absolute Gasteiger partial charge is 0.336 e. The van der Waals surface area contributed by atoms with E-state index in [0.29, 0.717) is 45.4 Å². The monoisotopic (exact) mass is 520 g/mol. The van der Waals surface area contributed by atoms with Gasteiger partial charge in [0.2, 0.25) is 10.0 Å². The number of nitrogens with one attached hydrogen (secondary N) is 4. The van der Waals surface area contributed by atoms with Gasteiger partial charge < -0.3 is 10.3 Å².